The normalized spacial score (nSPS) is 10.6. The maximum atomic E-state index is 9.60. The second-order valence-electron chi connectivity index (χ2n) is 3.43. The van der Waals surface area contributed by atoms with Crippen LogP contribution in [-0.2, 0) is 5.75 Å². The molecule has 4 nitrogen and oxygen atoms in total. The molecule has 16 heavy (non-hydrogen) atoms. The van der Waals surface area contributed by atoms with Crippen molar-refractivity contribution < 1.29 is 9.52 Å². The number of phenolic OH excluding ortho intramolecular Hbond substituents is 1. The molecule has 0 atom stereocenters. The first-order valence-corrected chi connectivity index (χ1v) is 5.76. The van der Waals surface area contributed by atoms with Gasteiger partial charge in [-0.25, -0.2) is 4.98 Å². The van der Waals surface area contributed by atoms with Gasteiger partial charge in [-0.3, -0.25) is 0 Å². The topological polar surface area (TPSA) is 72.3 Å². The van der Waals surface area contributed by atoms with Crippen LogP contribution >= 0.6 is 11.8 Å². The zero-order chi connectivity index (χ0) is 11.5. The summed E-state index contributed by atoms with van der Waals surface area (Å²) in [6.45, 7) is 1.87. The minimum absolute atomic E-state index is 0.241. The third-order valence-corrected chi connectivity index (χ3v) is 2.94. The Kier molecular flexibility index (Phi) is 3.05. The van der Waals surface area contributed by atoms with E-state index in [1.54, 1.807) is 24.5 Å². The lowest BCUT2D eigenvalue weighted by atomic mass is 10.2. The van der Waals surface area contributed by atoms with Crippen molar-refractivity contribution in [1.29, 1.82) is 0 Å². The molecular formula is C11H12N2O2S. The molecule has 0 saturated carbocycles. The fourth-order valence-electron chi connectivity index (χ4n) is 1.26. The Morgan fingerprint density at radius 3 is 3.00 bits per heavy atom. The molecule has 0 bridgehead atoms. The van der Waals surface area contributed by atoms with Gasteiger partial charge in [0, 0.05) is 17.0 Å². The number of aromatic nitrogens is 1. The first kappa shape index (κ1) is 10.9. The maximum Gasteiger partial charge on any atom is 0.256 e. The summed E-state index contributed by atoms with van der Waals surface area (Å²) in [5.74, 6) is 0.821. The summed E-state index contributed by atoms with van der Waals surface area (Å²) >= 11 is 1.42. The maximum absolute atomic E-state index is 9.60. The van der Waals surface area contributed by atoms with Crippen molar-refractivity contribution >= 4 is 17.4 Å². The molecule has 0 unspecified atom stereocenters. The van der Waals surface area contributed by atoms with E-state index in [4.69, 9.17) is 10.2 Å². The van der Waals surface area contributed by atoms with Gasteiger partial charge in [-0.15, -0.1) is 0 Å². The van der Waals surface area contributed by atoms with Gasteiger partial charge >= 0.3 is 0 Å². The molecule has 0 aliphatic rings. The van der Waals surface area contributed by atoms with E-state index < -0.39 is 0 Å². The Bertz CT molecular complexity index is 496. The molecule has 5 heteroatoms. The molecule has 0 aliphatic heterocycles. The van der Waals surface area contributed by atoms with E-state index in [1.165, 1.54) is 11.8 Å². The van der Waals surface area contributed by atoms with E-state index in [9.17, 15) is 5.11 Å². The highest BCUT2D eigenvalue weighted by Crippen LogP contribution is 2.28. The molecule has 84 valence electrons. The van der Waals surface area contributed by atoms with Crippen molar-refractivity contribution in [3.8, 4) is 5.75 Å². The molecule has 0 spiro atoms. The molecule has 3 N–H and O–H groups in total. The van der Waals surface area contributed by atoms with Gasteiger partial charge in [0.05, 0.1) is 5.69 Å². The summed E-state index contributed by atoms with van der Waals surface area (Å²) in [6, 6.07) is 5.00. The average molecular weight is 236 g/mol. The SMILES string of the molecule is Cc1coc(SCc2cc(N)ccc2O)n1. The first-order chi connectivity index (χ1) is 7.65. The van der Waals surface area contributed by atoms with Crippen LogP contribution in [-0.4, -0.2) is 10.1 Å². The Labute approximate surface area is 97.5 Å². The number of thioether (sulfide) groups is 1. The van der Waals surface area contributed by atoms with E-state index in [2.05, 4.69) is 4.98 Å². The number of aryl methyl sites for hydroxylation is 1. The number of aromatic hydroxyl groups is 1. The second kappa shape index (κ2) is 4.49. The number of phenols is 1. The van der Waals surface area contributed by atoms with Crippen LogP contribution in [0.25, 0.3) is 0 Å². The molecule has 0 radical (unpaired) electrons. The lowest BCUT2D eigenvalue weighted by Crippen LogP contribution is -1.88. The van der Waals surface area contributed by atoms with Crippen LogP contribution in [0, 0.1) is 6.92 Å². The zero-order valence-corrected chi connectivity index (χ0v) is 9.62. The monoisotopic (exact) mass is 236 g/mol. The third-order valence-electron chi connectivity index (χ3n) is 2.05. The fraction of sp³-hybridized carbons (Fsp3) is 0.182. The highest BCUT2D eigenvalue weighted by atomic mass is 32.2. The van der Waals surface area contributed by atoms with Crippen LogP contribution in [0.5, 0.6) is 5.75 Å². The second-order valence-corrected chi connectivity index (χ2v) is 4.36. The smallest absolute Gasteiger partial charge is 0.256 e. The van der Waals surface area contributed by atoms with Crippen molar-refractivity contribution in [2.45, 2.75) is 17.9 Å². The number of benzene rings is 1. The first-order valence-electron chi connectivity index (χ1n) is 4.77. The number of nitrogens with two attached hydrogens (primary N) is 1. The number of nitrogens with zero attached hydrogens (tertiary/aromatic N) is 1. The third kappa shape index (κ3) is 2.49. The van der Waals surface area contributed by atoms with Gasteiger partial charge in [0.15, 0.2) is 0 Å². The van der Waals surface area contributed by atoms with Crippen molar-refractivity contribution in [2.24, 2.45) is 0 Å². The van der Waals surface area contributed by atoms with Crippen LogP contribution in [0.3, 0.4) is 0 Å². The van der Waals surface area contributed by atoms with Gasteiger partial charge in [0.2, 0.25) is 0 Å². The molecule has 1 aromatic heterocycles. The van der Waals surface area contributed by atoms with Crippen molar-refractivity contribution in [3.63, 3.8) is 0 Å². The molecule has 2 aromatic rings. The largest absolute Gasteiger partial charge is 0.508 e. The number of hydrogen-bond donors (Lipinski definition) is 2. The van der Waals surface area contributed by atoms with Crippen LogP contribution in [0.15, 0.2) is 34.1 Å². The molecule has 0 amide bonds. The minimum Gasteiger partial charge on any atom is -0.508 e. The summed E-state index contributed by atoms with van der Waals surface area (Å²) in [4.78, 5) is 4.16. The molecular weight excluding hydrogens is 224 g/mol. The lowest BCUT2D eigenvalue weighted by Gasteiger charge is -2.03. The van der Waals surface area contributed by atoms with E-state index in [0.29, 0.717) is 16.7 Å². The fourth-order valence-corrected chi connectivity index (χ4v) is 2.09. The molecule has 1 aromatic carbocycles. The molecule has 2 rings (SSSR count). The van der Waals surface area contributed by atoms with Gasteiger partial charge in [0.1, 0.15) is 12.0 Å². The molecule has 0 saturated heterocycles. The van der Waals surface area contributed by atoms with Gasteiger partial charge in [0.25, 0.3) is 5.22 Å². The summed E-state index contributed by atoms with van der Waals surface area (Å²) in [7, 11) is 0. The zero-order valence-electron chi connectivity index (χ0n) is 8.80. The molecule has 0 fully saturated rings. The summed E-state index contributed by atoms with van der Waals surface area (Å²) < 4.78 is 5.20. The number of nitrogen functional groups attached to an aromatic ring is 1. The number of hydrogen-bond acceptors (Lipinski definition) is 5. The van der Waals surface area contributed by atoms with Gasteiger partial charge in [-0.2, -0.15) is 0 Å². The van der Waals surface area contributed by atoms with Crippen molar-refractivity contribution in [3.05, 3.63) is 35.7 Å². The number of oxazole rings is 1. The van der Waals surface area contributed by atoms with Gasteiger partial charge in [-0.05, 0) is 25.1 Å². The van der Waals surface area contributed by atoms with Crippen molar-refractivity contribution in [1.82, 2.24) is 4.98 Å². The Morgan fingerprint density at radius 2 is 2.31 bits per heavy atom. The van der Waals surface area contributed by atoms with Crippen molar-refractivity contribution in [2.75, 3.05) is 5.73 Å². The molecule has 0 aliphatic carbocycles. The van der Waals surface area contributed by atoms with Crippen LogP contribution in [0.4, 0.5) is 5.69 Å². The summed E-state index contributed by atoms with van der Waals surface area (Å²) in [5.41, 5.74) is 7.90. The Hall–Kier alpha value is -1.62. The molecule has 1 heterocycles. The van der Waals surface area contributed by atoms with E-state index in [0.717, 1.165) is 11.3 Å². The highest BCUT2D eigenvalue weighted by Gasteiger charge is 2.06. The lowest BCUT2D eigenvalue weighted by molar-refractivity contribution is 0.453. The summed E-state index contributed by atoms with van der Waals surface area (Å²) in [5, 5.41) is 10.2. The van der Waals surface area contributed by atoms with E-state index >= 15 is 0 Å². The Balaban J connectivity index is 2.07. The van der Waals surface area contributed by atoms with Gasteiger partial charge < -0.3 is 15.3 Å². The average Bonchev–Trinajstić information content (AvgIpc) is 2.66. The Morgan fingerprint density at radius 1 is 1.50 bits per heavy atom. The minimum atomic E-state index is 0.241. The standard InChI is InChI=1S/C11H12N2O2S/c1-7-5-15-11(13-7)16-6-8-4-9(12)2-3-10(8)14/h2-5,14H,6,12H2,1H3. The summed E-state index contributed by atoms with van der Waals surface area (Å²) in [6.07, 6.45) is 1.60. The van der Waals surface area contributed by atoms with E-state index in [-0.39, 0.29) is 5.75 Å². The van der Waals surface area contributed by atoms with Crippen LogP contribution in [0.1, 0.15) is 11.3 Å². The quantitative estimate of drug-likeness (QED) is 0.487. The highest BCUT2D eigenvalue weighted by molar-refractivity contribution is 7.98. The van der Waals surface area contributed by atoms with E-state index in [1.807, 2.05) is 6.92 Å². The predicted octanol–water partition coefficient (Wildman–Crippen LogP) is 2.56. The van der Waals surface area contributed by atoms with Gasteiger partial charge in [-0.1, -0.05) is 11.8 Å². The van der Waals surface area contributed by atoms with Crippen LogP contribution < -0.4 is 5.73 Å². The predicted molar refractivity (Wildman–Crippen MR) is 63.3 cm³/mol. The van der Waals surface area contributed by atoms with Crippen LogP contribution in [0.2, 0.25) is 0 Å². The number of rotatable bonds is 3. The number of anilines is 1.